The van der Waals surface area contributed by atoms with E-state index in [0.29, 0.717) is 16.5 Å². The van der Waals surface area contributed by atoms with Crippen molar-refractivity contribution in [2.75, 3.05) is 0 Å². The minimum Gasteiger partial charge on any atom is -0.485 e. The van der Waals surface area contributed by atoms with Crippen LogP contribution < -0.4 is 10.5 Å². The predicted molar refractivity (Wildman–Crippen MR) is 75.5 cm³/mol. The molecular formula is C15H13BrFNO. The highest BCUT2D eigenvalue weighted by Gasteiger charge is 2.28. The first kappa shape index (κ1) is 12.6. The first-order chi connectivity index (χ1) is 9.15. The lowest BCUT2D eigenvalue weighted by atomic mass is 9.93. The maximum absolute atomic E-state index is 14.0. The van der Waals surface area contributed by atoms with Crippen LogP contribution in [-0.2, 0) is 0 Å². The van der Waals surface area contributed by atoms with Gasteiger partial charge in [0, 0.05) is 28.1 Å². The van der Waals surface area contributed by atoms with Gasteiger partial charge in [0.05, 0.1) is 0 Å². The summed E-state index contributed by atoms with van der Waals surface area (Å²) in [5.41, 5.74) is 7.67. The molecule has 1 aliphatic heterocycles. The number of fused-ring (bicyclic) bond motifs is 1. The standard InChI is InChI=1S/C15H13BrFNO/c16-9-5-6-10(12(17)7-9)15-8-13(18)11-3-1-2-4-14(11)19-15/h1-7,13,15H,8,18H2/t13-,15?/m1/s1. The fourth-order valence-corrected chi connectivity index (χ4v) is 2.74. The summed E-state index contributed by atoms with van der Waals surface area (Å²) >= 11 is 3.25. The van der Waals surface area contributed by atoms with E-state index in [4.69, 9.17) is 10.5 Å². The zero-order chi connectivity index (χ0) is 13.4. The molecule has 0 bridgehead atoms. The highest BCUT2D eigenvalue weighted by atomic mass is 79.9. The molecule has 2 atom stereocenters. The SMILES string of the molecule is N[C@@H]1CC(c2ccc(Br)cc2F)Oc2ccccc21. The Morgan fingerprint density at radius 2 is 1.95 bits per heavy atom. The lowest BCUT2D eigenvalue weighted by molar-refractivity contribution is 0.157. The molecule has 19 heavy (non-hydrogen) atoms. The first-order valence-corrected chi connectivity index (χ1v) is 6.90. The molecule has 1 aliphatic rings. The Kier molecular flexibility index (Phi) is 3.29. The van der Waals surface area contributed by atoms with Crippen molar-refractivity contribution in [1.29, 1.82) is 0 Å². The summed E-state index contributed by atoms with van der Waals surface area (Å²) in [6.07, 6.45) is 0.244. The summed E-state index contributed by atoms with van der Waals surface area (Å²) in [4.78, 5) is 0. The van der Waals surface area contributed by atoms with E-state index in [1.54, 1.807) is 6.07 Å². The molecule has 0 fully saturated rings. The molecule has 0 radical (unpaired) electrons. The smallest absolute Gasteiger partial charge is 0.131 e. The van der Waals surface area contributed by atoms with Crippen LogP contribution in [0.1, 0.15) is 29.7 Å². The highest BCUT2D eigenvalue weighted by Crippen LogP contribution is 2.40. The number of ether oxygens (including phenoxy) is 1. The Morgan fingerprint density at radius 1 is 1.16 bits per heavy atom. The van der Waals surface area contributed by atoms with Gasteiger partial charge in [-0.05, 0) is 18.2 Å². The van der Waals surface area contributed by atoms with Crippen LogP contribution in [0.15, 0.2) is 46.9 Å². The second kappa shape index (κ2) is 4.94. The van der Waals surface area contributed by atoms with Gasteiger partial charge in [-0.1, -0.05) is 40.2 Å². The minimum atomic E-state index is -0.335. The number of halogens is 2. The number of hydrogen-bond donors (Lipinski definition) is 1. The number of hydrogen-bond acceptors (Lipinski definition) is 2. The fourth-order valence-electron chi connectivity index (χ4n) is 2.41. The van der Waals surface area contributed by atoms with E-state index < -0.39 is 0 Å². The molecule has 0 saturated heterocycles. The van der Waals surface area contributed by atoms with Gasteiger partial charge in [0.1, 0.15) is 17.7 Å². The quantitative estimate of drug-likeness (QED) is 0.857. The maximum Gasteiger partial charge on any atom is 0.131 e. The van der Waals surface area contributed by atoms with Crippen molar-refractivity contribution in [3.8, 4) is 5.75 Å². The second-order valence-corrected chi connectivity index (χ2v) is 5.57. The first-order valence-electron chi connectivity index (χ1n) is 6.11. The predicted octanol–water partition coefficient (Wildman–Crippen LogP) is 4.11. The summed E-state index contributed by atoms with van der Waals surface area (Å²) in [7, 11) is 0. The van der Waals surface area contributed by atoms with Gasteiger partial charge in [-0.3, -0.25) is 0 Å². The summed E-state index contributed by atoms with van der Waals surface area (Å²) in [6, 6.07) is 12.5. The molecule has 1 unspecified atom stereocenters. The Labute approximate surface area is 119 Å². The average molecular weight is 322 g/mol. The van der Waals surface area contributed by atoms with E-state index in [1.807, 2.05) is 30.3 Å². The Morgan fingerprint density at radius 3 is 2.74 bits per heavy atom. The minimum absolute atomic E-state index is 0.127. The zero-order valence-electron chi connectivity index (χ0n) is 10.1. The van der Waals surface area contributed by atoms with E-state index in [2.05, 4.69) is 15.9 Å². The van der Waals surface area contributed by atoms with E-state index in [9.17, 15) is 4.39 Å². The summed E-state index contributed by atoms with van der Waals surface area (Å²) in [5.74, 6) is 0.472. The molecule has 2 N–H and O–H groups in total. The Balaban J connectivity index is 1.97. The molecule has 2 nitrogen and oxygen atoms in total. The highest BCUT2D eigenvalue weighted by molar-refractivity contribution is 9.10. The number of para-hydroxylation sites is 1. The van der Waals surface area contributed by atoms with Gasteiger partial charge in [0.2, 0.25) is 0 Å². The van der Waals surface area contributed by atoms with Gasteiger partial charge in [-0.2, -0.15) is 0 Å². The normalized spacial score (nSPS) is 21.6. The van der Waals surface area contributed by atoms with Crippen LogP contribution in [0.2, 0.25) is 0 Å². The fraction of sp³-hybridized carbons (Fsp3) is 0.200. The van der Waals surface area contributed by atoms with Crippen LogP contribution in [0, 0.1) is 5.82 Å². The lowest BCUT2D eigenvalue weighted by Crippen LogP contribution is -2.24. The number of nitrogens with two attached hydrogens (primary N) is 1. The lowest BCUT2D eigenvalue weighted by Gasteiger charge is -2.30. The van der Waals surface area contributed by atoms with Crippen LogP contribution in [0.4, 0.5) is 4.39 Å². The third-order valence-corrected chi connectivity index (χ3v) is 3.86. The van der Waals surface area contributed by atoms with Crippen molar-refractivity contribution in [2.45, 2.75) is 18.6 Å². The van der Waals surface area contributed by atoms with Gasteiger partial charge in [-0.25, -0.2) is 4.39 Å². The molecular weight excluding hydrogens is 309 g/mol. The molecule has 0 spiro atoms. The molecule has 2 aromatic carbocycles. The summed E-state index contributed by atoms with van der Waals surface area (Å²) in [6.45, 7) is 0. The molecule has 1 heterocycles. The van der Waals surface area contributed by atoms with Crippen LogP contribution >= 0.6 is 15.9 Å². The summed E-state index contributed by atoms with van der Waals surface area (Å²) in [5, 5.41) is 0. The largest absolute Gasteiger partial charge is 0.485 e. The van der Waals surface area contributed by atoms with Crippen LogP contribution in [-0.4, -0.2) is 0 Å². The Hall–Kier alpha value is -1.39. The molecule has 4 heteroatoms. The van der Waals surface area contributed by atoms with E-state index in [-0.39, 0.29) is 18.0 Å². The molecule has 2 aromatic rings. The average Bonchev–Trinajstić information content (AvgIpc) is 2.38. The molecule has 0 amide bonds. The van der Waals surface area contributed by atoms with Crippen LogP contribution in [0.25, 0.3) is 0 Å². The topological polar surface area (TPSA) is 35.2 Å². The van der Waals surface area contributed by atoms with Crippen molar-refractivity contribution in [1.82, 2.24) is 0 Å². The van der Waals surface area contributed by atoms with E-state index in [1.165, 1.54) is 6.07 Å². The monoisotopic (exact) mass is 321 g/mol. The second-order valence-electron chi connectivity index (χ2n) is 4.65. The van der Waals surface area contributed by atoms with Crippen molar-refractivity contribution < 1.29 is 9.13 Å². The van der Waals surface area contributed by atoms with Gasteiger partial charge in [-0.15, -0.1) is 0 Å². The third kappa shape index (κ3) is 2.38. The van der Waals surface area contributed by atoms with Crippen LogP contribution in [0.5, 0.6) is 5.75 Å². The van der Waals surface area contributed by atoms with Crippen LogP contribution in [0.3, 0.4) is 0 Å². The number of rotatable bonds is 1. The van der Waals surface area contributed by atoms with Crippen molar-refractivity contribution in [2.24, 2.45) is 5.73 Å². The van der Waals surface area contributed by atoms with Gasteiger partial charge in [0.15, 0.2) is 0 Å². The van der Waals surface area contributed by atoms with Crippen molar-refractivity contribution in [3.05, 3.63) is 63.9 Å². The van der Waals surface area contributed by atoms with Crippen molar-refractivity contribution in [3.63, 3.8) is 0 Å². The van der Waals surface area contributed by atoms with E-state index in [0.717, 1.165) is 11.3 Å². The molecule has 0 saturated carbocycles. The molecule has 98 valence electrons. The van der Waals surface area contributed by atoms with Crippen molar-refractivity contribution >= 4 is 15.9 Å². The summed E-state index contributed by atoms with van der Waals surface area (Å²) < 4.78 is 20.6. The molecule has 0 aliphatic carbocycles. The molecule has 0 aromatic heterocycles. The van der Waals surface area contributed by atoms with E-state index >= 15 is 0 Å². The third-order valence-electron chi connectivity index (χ3n) is 3.37. The Bertz CT molecular complexity index is 617. The number of benzene rings is 2. The van der Waals surface area contributed by atoms with Gasteiger partial charge >= 0.3 is 0 Å². The maximum atomic E-state index is 14.0. The van der Waals surface area contributed by atoms with Gasteiger partial charge in [0.25, 0.3) is 0 Å². The van der Waals surface area contributed by atoms with Gasteiger partial charge < -0.3 is 10.5 Å². The zero-order valence-corrected chi connectivity index (χ0v) is 11.7. The molecule has 3 rings (SSSR count).